The molecule has 1 amide bonds. The van der Waals surface area contributed by atoms with Gasteiger partial charge in [-0.25, -0.2) is 4.99 Å². The van der Waals surface area contributed by atoms with Crippen LogP contribution in [0.1, 0.15) is 66.2 Å². The summed E-state index contributed by atoms with van der Waals surface area (Å²) < 4.78 is 7.19. The van der Waals surface area contributed by atoms with Crippen LogP contribution in [-0.4, -0.2) is 29.3 Å². The highest BCUT2D eigenvalue weighted by Gasteiger charge is 2.33. The molecule has 0 saturated carbocycles. The summed E-state index contributed by atoms with van der Waals surface area (Å²) in [7, 11) is 0. The molecular formula is C33H36ClN3O3S. The van der Waals surface area contributed by atoms with Crippen LogP contribution >= 0.6 is 22.9 Å². The van der Waals surface area contributed by atoms with Crippen molar-refractivity contribution >= 4 is 62.6 Å². The number of carbonyl (C=O) groups excluding carboxylic acids is 2. The monoisotopic (exact) mass is 589 g/mol. The first kappa shape index (κ1) is 29.1. The molecule has 2 aromatic heterocycles. The number of aromatic nitrogens is 1. The number of para-hydroxylation sites is 1. The molecule has 0 unspecified atom stereocenters. The fourth-order valence-electron chi connectivity index (χ4n) is 5.65. The fraction of sp³-hybridized carbons (Fsp3) is 0.364. The molecule has 0 aliphatic heterocycles. The molecule has 2 aromatic carbocycles. The highest BCUT2D eigenvalue weighted by Crippen LogP contribution is 2.45. The smallest absolute Gasteiger partial charge is 0.325 e. The van der Waals surface area contributed by atoms with Gasteiger partial charge in [-0.15, -0.1) is 11.3 Å². The second-order valence-corrected chi connectivity index (χ2v) is 13.1. The van der Waals surface area contributed by atoms with Crippen molar-refractivity contribution in [3.8, 4) is 0 Å². The van der Waals surface area contributed by atoms with Gasteiger partial charge in [0, 0.05) is 44.0 Å². The number of esters is 1. The maximum Gasteiger partial charge on any atom is 0.325 e. The van der Waals surface area contributed by atoms with Crippen molar-refractivity contribution in [2.24, 2.45) is 16.3 Å². The Labute approximate surface area is 250 Å². The molecule has 6 nitrogen and oxygen atoms in total. The predicted molar refractivity (Wildman–Crippen MR) is 169 cm³/mol. The zero-order valence-electron chi connectivity index (χ0n) is 24.2. The van der Waals surface area contributed by atoms with Gasteiger partial charge in [-0.05, 0) is 80.3 Å². The van der Waals surface area contributed by atoms with E-state index in [0.29, 0.717) is 33.8 Å². The summed E-state index contributed by atoms with van der Waals surface area (Å²) in [6.07, 6.45) is 4.68. The molecule has 4 aromatic rings. The Balaban J connectivity index is 1.56. The van der Waals surface area contributed by atoms with Gasteiger partial charge in [0.1, 0.15) is 11.5 Å². The lowest BCUT2D eigenvalue weighted by molar-refractivity contribution is -0.143. The molecule has 214 valence electrons. The van der Waals surface area contributed by atoms with Crippen molar-refractivity contribution in [1.29, 1.82) is 0 Å². The van der Waals surface area contributed by atoms with Crippen molar-refractivity contribution in [3.05, 3.63) is 80.8 Å². The largest absolute Gasteiger partial charge is 0.465 e. The highest BCUT2D eigenvalue weighted by atomic mass is 35.5. The molecule has 1 aliphatic rings. The highest BCUT2D eigenvalue weighted by molar-refractivity contribution is 7.16. The zero-order chi connectivity index (χ0) is 29.3. The van der Waals surface area contributed by atoms with Crippen molar-refractivity contribution in [2.45, 2.75) is 60.4 Å². The number of anilines is 1. The van der Waals surface area contributed by atoms with Gasteiger partial charge in [0.15, 0.2) is 0 Å². The van der Waals surface area contributed by atoms with E-state index >= 15 is 0 Å². The normalized spacial score (nSPS) is 15.3. The van der Waals surface area contributed by atoms with E-state index in [0.717, 1.165) is 47.0 Å². The minimum Gasteiger partial charge on any atom is -0.465 e. The Morgan fingerprint density at radius 1 is 1.17 bits per heavy atom. The van der Waals surface area contributed by atoms with Gasteiger partial charge in [0.05, 0.1) is 12.2 Å². The third kappa shape index (κ3) is 6.11. The molecule has 0 spiro atoms. The summed E-state index contributed by atoms with van der Waals surface area (Å²) in [5, 5.41) is 5.38. The van der Waals surface area contributed by atoms with Crippen molar-refractivity contribution < 1.29 is 14.3 Å². The van der Waals surface area contributed by atoms with Crippen LogP contribution in [0.4, 0.5) is 10.7 Å². The van der Waals surface area contributed by atoms with Crippen LogP contribution in [0.25, 0.3) is 10.9 Å². The van der Waals surface area contributed by atoms with Crippen LogP contribution in [0.2, 0.25) is 5.02 Å². The third-order valence-corrected chi connectivity index (χ3v) is 9.40. The SMILES string of the molecule is CCOC(=O)Cn1c(C)c(C=Nc2sc3c(c2C(=O)Nc2ccc(Cl)cc2)CC[C@@H](C(C)(C)C)C3)c2ccccc21. The van der Waals surface area contributed by atoms with E-state index in [1.54, 1.807) is 35.6 Å². The lowest BCUT2D eigenvalue weighted by Gasteiger charge is -2.33. The van der Waals surface area contributed by atoms with Gasteiger partial charge in [-0.1, -0.05) is 50.6 Å². The second kappa shape index (κ2) is 11.8. The number of thiophene rings is 1. The first-order valence-corrected chi connectivity index (χ1v) is 15.2. The number of rotatable bonds is 7. The summed E-state index contributed by atoms with van der Waals surface area (Å²) in [6, 6.07) is 15.1. The second-order valence-electron chi connectivity index (χ2n) is 11.6. The maximum absolute atomic E-state index is 13.7. The topological polar surface area (TPSA) is 72.7 Å². The van der Waals surface area contributed by atoms with Gasteiger partial charge in [-0.3, -0.25) is 9.59 Å². The lowest BCUT2D eigenvalue weighted by atomic mass is 9.72. The van der Waals surface area contributed by atoms with Gasteiger partial charge in [0.25, 0.3) is 5.91 Å². The van der Waals surface area contributed by atoms with Crippen molar-refractivity contribution in [1.82, 2.24) is 4.57 Å². The van der Waals surface area contributed by atoms with Gasteiger partial charge < -0.3 is 14.6 Å². The molecule has 5 rings (SSSR count). The summed E-state index contributed by atoms with van der Waals surface area (Å²) in [5.74, 6) is 0.105. The Kier molecular flexibility index (Phi) is 8.39. The van der Waals surface area contributed by atoms with E-state index in [4.69, 9.17) is 21.3 Å². The van der Waals surface area contributed by atoms with E-state index in [1.807, 2.05) is 48.9 Å². The fourth-order valence-corrected chi connectivity index (χ4v) is 7.04. The van der Waals surface area contributed by atoms with Crippen molar-refractivity contribution in [3.63, 3.8) is 0 Å². The molecule has 8 heteroatoms. The summed E-state index contributed by atoms with van der Waals surface area (Å²) in [5.41, 5.74) is 5.42. The average molecular weight is 590 g/mol. The Morgan fingerprint density at radius 3 is 2.61 bits per heavy atom. The quantitative estimate of drug-likeness (QED) is 0.174. The van der Waals surface area contributed by atoms with Crippen LogP contribution in [0, 0.1) is 18.3 Å². The lowest BCUT2D eigenvalue weighted by Crippen LogP contribution is -2.27. The maximum atomic E-state index is 13.7. The number of hydrogen-bond acceptors (Lipinski definition) is 5. The number of fused-ring (bicyclic) bond motifs is 2. The van der Waals surface area contributed by atoms with E-state index < -0.39 is 0 Å². The molecule has 0 fully saturated rings. The van der Waals surface area contributed by atoms with Crippen LogP contribution < -0.4 is 5.32 Å². The molecule has 1 atom stereocenters. The first-order chi connectivity index (χ1) is 19.6. The zero-order valence-corrected chi connectivity index (χ0v) is 25.8. The number of halogens is 1. The minimum atomic E-state index is -0.277. The Morgan fingerprint density at radius 2 is 1.90 bits per heavy atom. The standard InChI is InChI=1S/C33H36ClN3O3S/c1-6-40-29(38)19-37-20(2)26(24-9-7-8-10-27(24)37)18-35-32-30(31(39)36-23-14-12-22(34)13-15-23)25-16-11-21(33(3,4)5)17-28(25)41-32/h7-10,12-15,18,21H,6,11,16-17,19H2,1-5H3,(H,36,39)/t21-/m1/s1. The summed E-state index contributed by atoms with van der Waals surface area (Å²) in [4.78, 5) is 32.3. The molecule has 0 saturated heterocycles. The summed E-state index contributed by atoms with van der Waals surface area (Å²) >= 11 is 7.68. The van der Waals surface area contributed by atoms with E-state index in [9.17, 15) is 9.59 Å². The number of benzene rings is 2. The van der Waals surface area contributed by atoms with Crippen molar-refractivity contribution in [2.75, 3.05) is 11.9 Å². The van der Waals surface area contributed by atoms with E-state index in [1.165, 1.54) is 4.88 Å². The molecule has 1 aliphatic carbocycles. The first-order valence-electron chi connectivity index (χ1n) is 14.1. The number of nitrogens with one attached hydrogen (secondary N) is 1. The molecular weight excluding hydrogens is 554 g/mol. The predicted octanol–water partition coefficient (Wildman–Crippen LogP) is 8.38. The van der Waals surface area contributed by atoms with Gasteiger partial charge in [0.2, 0.25) is 0 Å². The number of carbonyl (C=O) groups is 2. The number of nitrogens with zero attached hydrogens (tertiary/aromatic N) is 2. The molecule has 1 N–H and O–H groups in total. The number of ether oxygens (including phenoxy) is 1. The number of hydrogen-bond donors (Lipinski definition) is 1. The van der Waals surface area contributed by atoms with E-state index in [-0.39, 0.29) is 23.8 Å². The Hall–Kier alpha value is -3.42. The minimum absolute atomic E-state index is 0.129. The average Bonchev–Trinajstić information content (AvgIpc) is 3.42. The molecule has 0 bridgehead atoms. The number of amides is 1. The van der Waals surface area contributed by atoms with E-state index in [2.05, 4.69) is 26.1 Å². The summed E-state index contributed by atoms with van der Waals surface area (Å²) in [6.45, 7) is 11.1. The molecule has 41 heavy (non-hydrogen) atoms. The molecule has 0 radical (unpaired) electrons. The number of aliphatic imine (C=N–C) groups is 1. The van der Waals surface area contributed by atoms with Gasteiger partial charge in [-0.2, -0.15) is 0 Å². The van der Waals surface area contributed by atoms with Gasteiger partial charge >= 0.3 is 5.97 Å². The van der Waals surface area contributed by atoms with Crippen LogP contribution in [0.5, 0.6) is 0 Å². The molecule has 2 heterocycles. The van der Waals surface area contributed by atoms with Crippen LogP contribution in [0.15, 0.2) is 53.5 Å². The third-order valence-electron chi connectivity index (χ3n) is 7.98. The van der Waals surface area contributed by atoms with Crippen LogP contribution in [0.3, 0.4) is 0 Å². The Bertz CT molecular complexity index is 1630. The van der Waals surface area contributed by atoms with Crippen LogP contribution in [-0.2, 0) is 28.9 Å².